The van der Waals surface area contributed by atoms with Crippen LogP contribution in [0.3, 0.4) is 0 Å². The molecule has 4 rings (SSSR count). The van der Waals surface area contributed by atoms with E-state index in [-0.39, 0.29) is 35.1 Å². The number of nitrogens with one attached hydrogen (secondary N) is 1. The van der Waals surface area contributed by atoms with Crippen molar-refractivity contribution < 1.29 is 32.3 Å². The van der Waals surface area contributed by atoms with Crippen LogP contribution in [0.15, 0.2) is 53.4 Å². The van der Waals surface area contributed by atoms with Crippen LogP contribution in [0.2, 0.25) is 0 Å². The second-order valence-electron chi connectivity index (χ2n) is 7.87. The van der Waals surface area contributed by atoms with Crippen molar-refractivity contribution in [1.82, 2.24) is 4.31 Å². The zero-order valence-corrected chi connectivity index (χ0v) is 19.3. The highest BCUT2D eigenvalue weighted by Crippen LogP contribution is 2.23. The molecule has 0 saturated carbocycles. The smallest absolute Gasteiger partial charge is 0.338 e. The van der Waals surface area contributed by atoms with Gasteiger partial charge in [-0.25, -0.2) is 13.2 Å². The van der Waals surface area contributed by atoms with Crippen LogP contribution >= 0.6 is 0 Å². The maximum absolute atomic E-state index is 12.8. The molecule has 2 aromatic carbocycles. The van der Waals surface area contributed by atoms with Gasteiger partial charge < -0.3 is 19.7 Å². The Morgan fingerprint density at radius 2 is 1.79 bits per heavy atom. The summed E-state index contributed by atoms with van der Waals surface area (Å²) in [6.07, 6.45) is 1.24. The van der Waals surface area contributed by atoms with Crippen LogP contribution < -0.4 is 10.2 Å². The fraction of sp³-hybridized carbons (Fsp3) is 0.348. The molecule has 180 valence electrons. The zero-order chi connectivity index (χ0) is 24.1. The Hall–Kier alpha value is -3.28. The molecule has 0 spiro atoms. The number of carbonyl (C=O) groups is 3. The third kappa shape index (κ3) is 5.44. The van der Waals surface area contributed by atoms with Gasteiger partial charge in [-0.3, -0.25) is 9.59 Å². The Morgan fingerprint density at radius 1 is 1.03 bits per heavy atom. The predicted octanol–water partition coefficient (Wildman–Crippen LogP) is 1.63. The Morgan fingerprint density at radius 3 is 2.53 bits per heavy atom. The largest absolute Gasteiger partial charge is 0.452 e. The van der Waals surface area contributed by atoms with Gasteiger partial charge in [-0.1, -0.05) is 12.1 Å². The number of carbonyl (C=O) groups excluding carboxylic acids is 3. The van der Waals surface area contributed by atoms with Gasteiger partial charge in [-0.05, 0) is 42.8 Å². The molecule has 34 heavy (non-hydrogen) atoms. The van der Waals surface area contributed by atoms with Crippen molar-refractivity contribution in [2.45, 2.75) is 17.7 Å². The number of morpholine rings is 1. The fourth-order valence-corrected chi connectivity index (χ4v) is 5.26. The first kappa shape index (κ1) is 23.9. The number of hydrogen-bond acceptors (Lipinski definition) is 7. The van der Waals surface area contributed by atoms with Gasteiger partial charge in [-0.15, -0.1) is 0 Å². The molecule has 10 nitrogen and oxygen atoms in total. The van der Waals surface area contributed by atoms with Crippen molar-refractivity contribution >= 4 is 39.2 Å². The second kappa shape index (κ2) is 10.3. The topological polar surface area (TPSA) is 122 Å². The van der Waals surface area contributed by atoms with E-state index < -0.39 is 28.5 Å². The number of nitrogens with zero attached hydrogens (tertiary/aromatic N) is 2. The molecule has 2 saturated heterocycles. The summed E-state index contributed by atoms with van der Waals surface area (Å²) in [6, 6.07) is 12.4. The Labute approximate surface area is 197 Å². The number of hydrogen-bond donors (Lipinski definition) is 1. The minimum Gasteiger partial charge on any atom is -0.452 e. The van der Waals surface area contributed by atoms with E-state index in [4.69, 9.17) is 9.47 Å². The van der Waals surface area contributed by atoms with Crippen LogP contribution in [0, 0.1) is 0 Å². The van der Waals surface area contributed by atoms with Crippen LogP contribution in [-0.2, 0) is 29.1 Å². The third-order valence-electron chi connectivity index (χ3n) is 5.53. The van der Waals surface area contributed by atoms with Gasteiger partial charge in [0.15, 0.2) is 6.61 Å². The standard InChI is InChI=1S/C23H25N3O7S/c27-21(16-33-23(29)17-4-1-6-19(14-17)26-9-3-8-22(26)28)24-18-5-2-7-20(15-18)34(30,31)25-10-12-32-13-11-25/h1-2,4-7,14-15H,3,8-13,16H2,(H,24,27). The van der Waals surface area contributed by atoms with Crippen LogP contribution in [-0.4, -0.2) is 70.0 Å². The van der Waals surface area contributed by atoms with E-state index in [2.05, 4.69) is 5.32 Å². The first-order valence-corrected chi connectivity index (χ1v) is 12.3. The van der Waals surface area contributed by atoms with E-state index in [1.165, 1.54) is 22.5 Å². The molecule has 2 aliphatic heterocycles. The van der Waals surface area contributed by atoms with Gasteiger partial charge in [0.1, 0.15) is 0 Å². The van der Waals surface area contributed by atoms with Crippen LogP contribution in [0.4, 0.5) is 11.4 Å². The number of esters is 1. The van der Waals surface area contributed by atoms with E-state index in [0.29, 0.717) is 31.9 Å². The van der Waals surface area contributed by atoms with E-state index in [1.54, 1.807) is 35.2 Å². The summed E-state index contributed by atoms with van der Waals surface area (Å²) in [5.74, 6) is -1.31. The molecule has 2 amide bonds. The lowest BCUT2D eigenvalue weighted by Crippen LogP contribution is -2.40. The average Bonchev–Trinajstić information content (AvgIpc) is 3.29. The highest BCUT2D eigenvalue weighted by molar-refractivity contribution is 7.89. The number of benzene rings is 2. The minimum absolute atomic E-state index is 0.00256. The molecular formula is C23H25N3O7S. The number of rotatable bonds is 7. The van der Waals surface area contributed by atoms with Crippen molar-refractivity contribution in [2.24, 2.45) is 0 Å². The number of sulfonamides is 1. The molecule has 2 heterocycles. The summed E-state index contributed by atoms with van der Waals surface area (Å²) < 4.78 is 37.2. The summed E-state index contributed by atoms with van der Waals surface area (Å²) in [5, 5.41) is 2.55. The molecule has 0 radical (unpaired) electrons. The highest BCUT2D eigenvalue weighted by atomic mass is 32.2. The molecule has 0 unspecified atom stereocenters. The molecular weight excluding hydrogens is 462 g/mol. The monoisotopic (exact) mass is 487 g/mol. The lowest BCUT2D eigenvalue weighted by molar-refractivity contribution is -0.119. The average molecular weight is 488 g/mol. The Bertz CT molecular complexity index is 1190. The molecule has 2 aromatic rings. The Balaban J connectivity index is 1.35. The van der Waals surface area contributed by atoms with E-state index in [0.717, 1.165) is 6.42 Å². The number of anilines is 2. The van der Waals surface area contributed by atoms with Gasteiger partial charge in [0, 0.05) is 37.4 Å². The van der Waals surface area contributed by atoms with Gasteiger partial charge in [0.05, 0.1) is 23.7 Å². The molecule has 2 fully saturated rings. The van der Waals surface area contributed by atoms with Gasteiger partial charge >= 0.3 is 5.97 Å². The molecule has 0 atom stereocenters. The van der Waals surface area contributed by atoms with E-state index in [9.17, 15) is 22.8 Å². The van der Waals surface area contributed by atoms with Crippen molar-refractivity contribution in [3.8, 4) is 0 Å². The van der Waals surface area contributed by atoms with Crippen molar-refractivity contribution in [2.75, 3.05) is 49.7 Å². The summed E-state index contributed by atoms with van der Waals surface area (Å²) in [4.78, 5) is 38.3. The van der Waals surface area contributed by atoms with Crippen LogP contribution in [0.25, 0.3) is 0 Å². The summed E-state index contributed by atoms with van der Waals surface area (Å²) >= 11 is 0. The molecule has 1 N–H and O–H groups in total. The normalized spacial score (nSPS) is 16.9. The second-order valence-corrected chi connectivity index (χ2v) is 9.81. The summed E-state index contributed by atoms with van der Waals surface area (Å²) in [5.41, 5.74) is 1.10. The predicted molar refractivity (Wildman–Crippen MR) is 123 cm³/mol. The highest BCUT2D eigenvalue weighted by Gasteiger charge is 2.27. The lowest BCUT2D eigenvalue weighted by Gasteiger charge is -2.26. The summed E-state index contributed by atoms with van der Waals surface area (Å²) in [7, 11) is -3.71. The van der Waals surface area contributed by atoms with Gasteiger partial charge in [0.2, 0.25) is 15.9 Å². The van der Waals surface area contributed by atoms with E-state index in [1.807, 2.05) is 0 Å². The summed E-state index contributed by atoms with van der Waals surface area (Å²) in [6.45, 7) is 1.24. The van der Waals surface area contributed by atoms with E-state index >= 15 is 0 Å². The molecule has 2 aliphatic rings. The zero-order valence-electron chi connectivity index (χ0n) is 18.4. The maximum Gasteiger partial charge on any atom is 0.338 e. The van der Waals surface area contributed by atoms with Crippen molar-refractivity contribution in [3.05, 3.63) is 54.1 Å². The fourth-order valence-electron chi connectivity index (χ4n) is 3.80. The van der Waals surface area contributed by atoms with Crippen LogP contribution in [0.5, 0.6) is 0 Å². The molecule has 0 aliphatic carbocycles. The Kier molecular flexibility index (Phi) is 7.25. The number of ether oxygens (including phenoxy) is 2. The SMILES string of the molecule is O=C(COC(=O)c1cccc(N2CCCC2=O)c1)Nc1cccc(S(=O)(=O)N2CCOCC2)c1. The number of amides is 2. The molecule has 0 aromatic heterocycles. The van der Waals surface area contributed by atoms with Crippen LogP contribution in [0.1, 0.15) is 23.2 Å². The van der Waals surface area contributed by atoms with Gasteiger partial charge in [0.25, 0.3) is 5.91 Å². The quantitative estimate of drug-likeness (QED) is 0.589. The first-order valence-electron chi connectivity index (χ1n) is 10.9. The lowest BCUT2D eigenvalue weighted by atomic mass is 10.2. The van der Waals surface area contributed by atoms with Crippen molar-refractivity contribution in [1.29, 1.82) is 0 Å². The van der Waals surface area contributed by atoms with Crippen molar-refractivity contribution in [3.63, 3.8) is 0 Å². The van der Waals surface area contributed by atoms with Gasteiger partial charge in [-0.2, -0.15) is 4.31 Å². The first-order chi connectivity index (χ1) is 16.3. The molecule has 11 heteroatoms. The maximum atomic E-state index is 12.8. The minimum atomic E-state index is -3.71. The third-order valence-corrected chi connectivity index (χ3v) is 7.42. The molecule has 0 bridgehead atoms.